The lowest BCUT2D eigenvalue weighted by Crippen LogP contribution is -2.70. The SMILES string of the molecule is CO[Si](C)(OC)OC.CO[Si](CCC(F)(F)C(F)(F)C(F)(F)C(F)(F)C(F)(F)C(F)(F)F)(OC)OC.CO[Si](CCC(F)(F)F)(OC)OC.CO[Si](OC)(OC)c1ccccc1. The topological polar surface area (TPSA) is 111 Å². The van der Waals surface area contributed by atoms with Gasteiger partial charge in [0.2, 0.25) is 0 Å². The van der Waals surface area contributed by atoms with Crippen LogP contribution in [0.2, 0.25) is 18.6 Å². The van der Waals surface area contributed by atoms with Gasteiger partial charge in [-0.3, -0.25) is 0 Å². The van der Waals surface area contributed by atoms with Crippen molar-refractivity contribution in [2.45, 2.75) is 73.4 Å². The zero-order valence-corrected chi connectivity index (χ0v) is 39.7. The predicted molar refractivity (Wildman–Crippen MR) is 195 cm³/mol. The molecule has 372 valence electrons. The zero-order valence-electron chi connectivity index (χ0n) is 35.7. The molecule has 0 saturated heterocycles. The monoisotopic (exact) mass is 1020 g/mol. The van der Waals surface area contributed by atoms with Gasteiger partial charge in [0.25, 0.3) is 0 Å². The van der Waals surface area contributed by atoms with Gasteiger partial charge in [-0.25, -0.2) is 0 Å². The van der Waals surface area contributed by atoms with Crippen molar-refractivity contribution in [1.82, 2.24) is 0 Å². The van der Waals surface area contributed by atoms with Crippen LogP contribution in [0.4, 0.5) is 70.2 Å². The Hall–Kier alpha value is -1.51. The van der Waals surface area contributed by atoms with Gasteiger partial charge in [-0.15, -0.1) is 0 Å². The van der Waals surface area contributed by atoms with Crippen LogP contribution in [0.1, 0.15) is 12.8 Å². The standard InChI is InChI=1S/C11H13F13O3Si.C9H14O3Si.C6H13F3O3Si.C4H12O3Si/c1-25-28(26-2,27-3)5-4-6(12,13)7(14,15)8(16,17)9(18,19)10(20,21)11(22,23)24;1-10-13(11-2,12-3)9-7-5-4-6-8-9;1-10-13(11-2,12-3)5-4-6(7,8)9;1-5-8(4,6-2)7-3/h4-5H2,1-3H3;4-8H,1-3H3;4-5H2,1-3H3;1-4H3. The van der Waals surface area contributed by atoms with Gasteiger partial charge in [0, 0.05) is 122 Å². The number of rotatable bonds is 22. The minimum Gasteiger partial charge on any atom is -0.377 e. The van der Waals surface area contributed by atoms with Crippen LogP contribution in [-0.4, -0.2) is 163 Å². The minimum absolute atomic E-state index is 0.250. The molecule has 0 aromatic heterocycles. The highest BCUT2D eigenvalue weighted by Crippen LogP contribution is 2.61. The Morgan fingerprint density at radius 2 is 0.694 bits per heavy atom. The molecule has 0 bridgehead atoms. The molecule has 0 spiro atoms. The molecule has 0 amide bonds. The fraction of sp³-hybridized carbons (Fsp3) is 0.800. The quantitative estimate of drug-likeness (QED) is 0.0828. The molecule has 1 rings (SSSR count). The Balaban J connectivity index is -0.000000846. The summed E-state index contributed by atoms with van der Waals surface area (Å²) in [6.45, 7) is 1.83. The molecule has 0 atom stereocenters. The third-order valence-electron chi connectivity index (χ3n) is 8.37. The Labute approximate surface area is 352 Å². The average molecular weight is 1020 g/mol. The molecule has 0 unspecified atom stereocenters. The first-order valence-electron chi connectivity index (χ1n) is 16.7. The zero-order chi connectivity index (χ0) is 49.9. The molecule has 0 aliphatic carbocycles. The molecule has 0 heterocycles. The van der Waals surface area contributed by atoms with Crippen LogP contribution in [0.25, 0.3) is 0 Å². The first kappa shape index (κ1) is 64.8. The summed E-state index contributed by atoms with van der Waals surface area (Å²) >= 11 is 0. The van der Waals surface area contributed by atoms with Crippen LogP contribution in [0.15, 0.2) is 30.3 Å². The van der Waals surface area contributed by atoms with Crippen LogP contribution in [0.5, 0.6) is 0 Å². The highest BCUT2D eigenvalue weighted by molar-refractivity contribution is 6.75. The third-order valence-corrected chi connectivity index (χ3v) is 18.7. The maximum absolute atomic E-state index is 13.6. The lowest BCUT2D eigenvalue weighted by Gasteiger charge is -2.40. The number of benzene rings is 1. The molecular formula is C30H52F16O12Si4. The smallest absolute Gasteiger partial charge is 0.377 e. The summed E-state index contributed by atoms with van der Waals surface area (Å²) in [5, 5.41) is 0.975. The summed E-state index contributed by atoms with van der Waals surface area (Å²) < 4.78 is 263. The molecule has 12 nitrogen and oxygen atoms in total. The average Bonchev–Trinajstić information content (AvgIpc) is 3.23. The number of halogens is 16. The van der Waals surface area contributed by atoms with E-state index in [1.165, 1.54) is 21.3 Å². The minimum atomic E-state index is -7.91. The van der Waals surface area contributed by atoms with Gasteiger partial charge in [-0.05, 0) is 0 Å². The number of alkyl halides is 16. The van der Waals surface area contributed by atoms with Gasteiger partial charge in [0.1, 0.15) is 0 Å². The van der Waals surface area contributed by atoms with E-state index in [1.54, 1.807) is 42.7 Å². The van der Waals surface area contributed by atoms with Crippen molar-refractivity contribution in [3.8, 4) is 0 Å². The molecule has 0 aliphatic heterocycles. The highest BCUT2D eigenvalue weighted by Gasteiger charge is 2.90. The normalized spacial score (nSPS) is 14.0. The van der Waals surface area contributed by atoms with Crippen molar-refractivity contribution in [2.24, 2.45) is 0 Å². The molecule has 0 aliphatic rings. The predicted octanol–water partition coefficient (Wildman–Crippen LogP) is 8.08. The molecule has 0 saturated carbocycles. The summed E-state index contributed by atoms with van der Waals surface area (Å²) in [5.41, 5.74) is 0. The van der Waals surface area contributed by atoms with Crippen molar-refractivity contribution in [1.29, 1.82) is 0 Å². The van der Waals surface area contributed by atoms with Gasteiger partial charge < -0.3 is 53.1 Å². The van der Waals surface area contributed by atoms with Gasteiger partial charge in [0.15, 0.2) is 0 Å². The summed E-state index contributed by atoms with van der Waals surface area (Å²) in [5.74, 6) is -37.0. The molecule has 1 aromatic carbocycles. The second kappa shape index (κ2) is 26.0. The molecular weight excluding hydrogens is 969 g/mol. The van der Waals surface area contributed by atoms with Crippen molar-refractivity contribution in [3.63, 3.8) is 0 Å². The highest BCUT2D eigenvalue weighted by atomic mass is 28.4. The van der Waals surface area contributed by atoms with Crippen LogP contribution in [0.3, 0.4) is 0 Å². The van der Waals surface area contributed by atoms with E-state index >= 15 is 0 Å². The van der Waals surface area contributed by atoms with Crippen molar-refractivity contribution < 1.29 is 123 Å². The van der Waals surface area contributed by atoms with Crippen LogP contribution >= 0.6 is 0 Å². The van der Waals surface area contributed by atoms with E-state index in [-0.39, 0.29) is 6.04 Å². The summed E-state index contributed by atoms with van der Waals surface area (Å²) in [7, 11) is 3.80. The van der Waals surface area contributed by atoms with Crippen LogP contribution < -0.4 is 5.19 Å². The second-order valence-corrected chi connectivity index (χ2v) is 23.8. The van der Waals surface area contributed by atoms with Gasteiger partial charge >= 0.3 is 77.2 Å². The fourth-order valence-corrected chi connectivity index (χ4v) is 9.91. The summed E-state index contributed by atoms with van der Waals surface area (Å²) in [4.78, 5) is 0. The molecule has 0 radical (unpaired) electrons. The van der Waals surface area contributed by atoms with Crippen molar-refractivity contribution >= 4 is 40.4 Å². The van der Waals surface area contributed by atoms with Crippen molar-refractivity contribution in [3.05, 3.63) is 30.3 Å². The summed E-state index contributed by atoms with van der Waals surface area (Å²) in [6.07, 6.45) is -15.0. The Morgan fingerprint density at radius 1 is 0.387 bits per heavy atom. The Kier molecular flexibility index (Phi) is 27.1. The molecule has 1 aromatic rings. The van der Waals surface area contributed by atoms with Gasteiger partial charge in [0.05, 0.1) is 0 Å². The second-order valence-electron chi connectivity index (χ2n) is 11.7. The molecule has 0 N–H and O–H groups in total. The first-order valence-corrected chi connectivity index (χ1v) is 24.5. The van der Waals surface area contributed by atoms with E-state index in [2.05, 4.69) is 13.3 Å². The van der Waals surface area contributed by atoms with E-state index in [0.717, 1.165) is 26.5 Å². The lowest BCUT2D eigenvalue weighted by atomic mass is 9.93. The van der Waals surface area contributed by atoms with Gasteiger partial charge in [-0.1, -0.05) is 30.3 Å². The molecule has 62 heavy (non-hydrogen) atoms. The van der Waals surface area contributed by atoms with E-state index in [9.17, 15) is 70.2 Å². The first-order chi connectivity index (χ1) is 28.0. The van der Waals surface area contributed by atoms with Crippen LogP contribution in [-0.2, 0) is 53.1 Å². The number of hydrogen-bond acceptors (Lipinski definition) is 12. The van der Waals surface area contributed by atoms with E-state index < -0.39 is 96.1 Å². The third kappa shape index (κ3) is 16.7. The molecule has 0 fully saturated rings. The Morgan fingerprint density at radius 3 is 0.935 bits per heavy atom. The largest absolute Gasteiger partial charge is 0.536 e. The summed E-state index contributed by atoms with van der Waals surface area (Å²) in [6, 6.07) is 8.08. The van der Waals surface area contributed by atoms with Crippen LogP contribution in [0, 0.1) is 0 Å². The molecule has 32 heteroatoms. The maximum atomic E-state index is 13.6. The van der Waals surface area contributed by atoms with E-state index in [0.29, 0.717) is 0 Å². The fourth-order valence-electron chi connectivity index (χ4n) is 4.17. The lowest BCUT2D eigenvalue weighted by molar-refractivity contribution is -0.440. The van der Waals surface area contributed by atoms with Gasteiger partial charge in [-0.2, -0.15) is 70.2 Å². The van der Waals surface area contributed by atoms with E-state index in [4.69, 9.17) is 39.8 Å². The van der Waals surface area contributed by atoms with E-state index in [1.807, 2.05) is 36.9 Å². The number of hydrogen-bond donors (Lipinski definition) is 0. The maximum Gasteiger partial charge on any atom is 0.536 e. The Bertz CT molecular complexity index is 1320. The van der Waals surface area contributed by atoms with Crippen molar-refractivity contribution in [2.75, 3.05) is 85.3 Å².